The maximum Gasteiger partial charge on any atom is 0.231 e. The number of nitrogens with zero attached hydrogens (tertiary/aromatic N) is 2. The van der Waals surface area contributed by atoms with Crippen LogP contribution in [-0.2, 0) is 6.61 Å². The number of aliphatic hydroxyl groups excluding tert-OH is 2. The minimum atomic E-state index is -0.485. The lowest BCUT2D eigenvalue weighted by Crippen LogP contribution is -2.42. The van der Waals surface area contributed by atoms with Crippen LogP contribution in [0.5, 0.6) is 17.2 Å². The van der Waals surface area contributed by atoms with Gasteiger partial charge in [0, 0.05) is 24.5 Å². The molecular formula is C19H22N2O5S. The third-order valence-electron chi connectivity index (χ3n) is 5.69. The highest BCUT2D eigenvalue weighted by Gasteiger charge is 2.43. The smallest absolute Gasteiger partial charge is 0.231 e. The van der Waals surface area contributed by atoms with Crippen molar-refractivity contribution in [2.45, 2.75) is 31.7 Å². The summed E-state index contributed by atoms with van der Waals surface area (Å²) in [6, 6.07) is 5.53. The number of thiazole rings is 1. The number of hydrogen-bond donors (Lipinski definition) is 2. The molecule has 1 saturated carbocycles. The van der Waals surface area contributed by atoms with Gasteiger partial charge in [0.25, 0.3) is 0 Å². The van der Waals surface area contributed by atoms with Gasteiger partial charge in [-0.15, -0.1) is 11.3 Å². The molecule has 7 nitrogen and oxygen atoms in total. The number of fused-ring (bicyclic) bond motifs is 2. The first-order chi connectivity index (χ1) is 13.2. The Hall–Kier alpha value is -2.03. The Labute approximate surface area is 161 Å². The first kappa shape index (κ1) is 17.1. The Bertz CT molecular complexity index is 828. The Morgan fingerprint density at radius 1 is 1.19 bits per heavy atom. The van der Waals surface area contributed by atoms with Gasteiger partial charge < -0.3 is 29.3 Å². The van der Waals surface area contributed by atoms with Crippen molar-refractivity contribution < 1.29 is 24.4 Å². The Kier molecular flexibility index (Phi) is 4.34. The van der Waals surface area contributed by atoms with E-state index in [4.69, 9.17) is 14.2 Å². The number of aliphatic hydroxyl groups is 2. The summed E-state index contributed by atoms with van der Waals surface area (Å²) in [7, 11) is 0. The lowest BCUT2D eigenvalue weighted by atomic mass is 9.78. The predicted molar refractivity (Wildman–Crippen MR) is 99.5 cm³/mol. The van der Waals surface area contributed by atoms with Crippen molar-refractivity contribution >= 4 is 16.5 Å². The fraction of sp³-hybridized carbons (Fsp3) is 0.526. The second kappa shape index (κ2) is 6.85. The van der Waals surface area contributed by atoms with Gasteiger partial charge in [-0.25, -0.2) is 4.98 Å². The van der Waals surface area contributed by atoms with E-state index in [0.717, 1.165) is 36.8 Å². The fourth-order valence-corrected chi connectivity index (χ4v) is 5.15. The van der Waals surface area contributed by atoms with Crippen LogP contribution < -0.4 is 19.1 Å². The molecule has 3 aliphatic rings. The zero-order valence-electron chi connectivity index (χ0n) is 14.8. The Morgan fingerprint density at radius 3 is 2.81 bits per heavy atom. The first-order valence-electron chi connectivity index (χ1n) is 9.24. The van der Waals surface area contributed by atoms with Crippen molar-refractivity contribution in [3.8, 4) is 17.2 Å². The summed E-state index contributed by atoms with van der Waals surface area (Å²) in [4.78, 5) is 6.76. The van der Waals surface area contributed by atoms with E-state index in [2.05, 4.69) is 9.88 Å². The van der Waals surface area contributed by atoms with Crippen LogP contribution in [0.4, 0.5) is 5.13 Å². The van der Waals surface area contributed by atoms with Gasteiger partial charge in [-0.3, -0.25) is 0 Å². The molecular weight excluding hydrogens is 368 g/mol. The van der Waals surface area contributed by atoms with Crippen LogP contribution in [-0.4, -0.2) is 47.3 Å². The van der Waals surface area contributed by atoms with E-state index in [1.54, 1.807) is 11.3 Å². The Morgan fingerprint density at radius 2 is 2.00 bits per heavy atom. The molecule has 2 N–H and O–H groups in total. The van der Waals surface area contributed by atoms with Crippen molar-refractivity contribution in [3.63, 3.8) is 0 Å². The molecule has 1 saturated heterocycles. The quantitative estimate of drug-likeness (QED) is 0.826. The van der Waals surface area contributed by atoms with Crippen molar-refractivity contribution in [1.82, 2.24) is 4.98 Å². The summed E-state index contributed by atoms with van der Waals surface area (Å²) in [5.74, 6) is 3.02. The molecule has 8 heteroatoms. The fourth-order valence-electron chi connectivity index (χ4n) is 4.31. The highest BCUT2D eigenvalue weighted by Crippen LogP contribution is 2.41. The number of benzene rings is 1. The summed E-state index contributed by atoms with van der Waals surface area (Å²) in [5, 5.41) is 22.7. The highest BCUT2D eigenvalue weighted by molar-refractivity contribution is 7.13. The third-order valence-corrected chi connectivity index (χ3v) is 6.64. The molecule has 0 unspecified atom stereocenters. The van der Waals surface area contributed by atoms with E-state index in [1.165, 1.54) is 0 Å². The normalized spacial score (nSPS) is 29.0. The lowest BCUT2D eigenvalue weighted by Gasteiger charge is -2.35. The molecule has 1 aromatic carbocycles. The van der Waals surface area contributed by atoms with Crippen LogP contribution >= 0.6 is 11.3 Å². The van der Waals surface area contributed by atoms with Gasteiger partial charge in [0.1, 0.15) is 11.9 Å². The highest BCUT2D eigenvalue weighted by atomic mass is 32.1. The topological polar surface area (TPSA) is 84.3 Å². The number of aromatic nitrogens is 1. The van der Waals surface area contributed by atoms with E-state index in [0.29, 0.717) is 29.0 Å². The van der Waals surface area contributed by atoms with E-state index in [1.807, 2.05) is 23.6 Å². The molecule has 144 valence electrons. The molecule has 2 fully saturated rings. The third kappa shape index (κ3) is 3.22. The predicted octanol–water partition coefficient (Wildman–Crippen LogP) is 2.02. The molecule has 2 aromatic rings. The molecule has 0 amide bonds. The molecule has 3 heterocycles. The SMILES string of the molecule is OCc1csc(N2C[C@H]3C[C@@H](Oc4ccc5c(c4)OCO5)[C@H](O)C[C@H]3C2)n1. The second-order valence-electron chi connectivity index (χ2n) is 7.41. The molecule has 0 radical (unpaired) electrons. The Balaban J connectivity index is 1.26. The molecule has 4 atom stereocenters. The monoisotopic (exact) mass is 390 g/mol. The zero-order chi connectivity index (χ0) is 18.4. The minimum absolute atomic E-state index is 0.0264. The van der Waals surface area contributed by atoms with Gasteiger partial charge in [-0.05, 0) is 36.8 Å². The van der Waals surface area contributed by atoms with Crippen molar-refractivity contribution in [1.29, 1.82) is 0 Å². The first-order valence-corrected chi connectivity index (χ1v) is 10.1. The van der Waals surface area contributed by atoms with Crippen LogP contribution in [0.1, 0.15) is 18.5 Å². The number of anilines is 1. The van der Waals surface area contributed by atoms with Crippen LogP contribution in [0.2, 0.25) is 0 Å². The second-order valence-corrected chi connectivity index (χ2v) is 8.25. The van der Waals surface area contributed by atoms with Crippen LogP contribution in [0.15, 0.2) is 23.6 Å². The van der Waals surface area contributed by atoms with E-state index < -0.39 is 6.10 Å². The summed E-state index contributed by atoms with van der Waals surface area (Å²) in [6.07, 6.45) is 0.834. The molecule has 0 spiro atoms. The van der Waals surface area contributed by atoms with Crippen molar-refractivity contribution in [2.24, 2.45) is 11.8 Å². The number of rotatable bonds is 4. The number of ether oxygens (including phenoxy) is 3. The number of hydrogen-bond acceptors (Lipinski definition) is 8. The van der Waals surface area contributed by atoms with Gasteiger partial charge in [0.05, 0.1) is 18.4 Å². The average molecular weight is 390 g/mol. The molecule has 2 aliphatic heterocycles. The van der Waals surface area contributed by atoms with Gasteiger partial charge in [-0.1, -0.05) is 0 Å². The van der Waals surface area contributed by atoms with Gasteiger partial charge in [-0.2, -0.15) is 0 Å². The largest absolute Gasteiger partial charge is 0.488 e. The molecule has 5 rings (SSSR count). The molecule has 0 bridgehead atoms. The standard InChI is InChI=1S/C19H22N2O5S/c22-8-13-9-27-19(20-13)21-6-11-3-15(23)17(4-12(11)7-21)26-14-1-2-16-18(5-14)25-10-24-16/h1-2,5,9,11-12,15,17,22-23H,3-4,6-8,10H2/t11-,12+,15+,17+/m0/s1. The molecule has 27 heavy (non-hydrogen) atoms. The maximum absolute atomic E-state index is 10.6. The van der Waals surface area contributed by atoms with Crippen molar-refractivity contribution in [3.05, 3.63) is 29.3 Å². The van der Waals surface area contributed by atoms with Gasteiger partial charge in [0.15, 0.2) is 16.6 Å². The summed E-state index contributed by atoms with van der Waals surface area (Å²) < 4.78 is 16.8. The molecule has 1 aliphatic carbocycles. The van der Waals surface area contributed by atoms with Crippen molar-refractivity contribution in [2.75, 3.05) is 24.8 Å². The zero-order valence-corrected chi connectivity index (χ0v) is 15.6. The van der Waals surface area contributed by atoms with Gasteiger partial charge in [0.2, 0.25) is 6.79 Å². The van der Waals surface area contributed by atoms with E-state index >= 15 is 0 Å². The van der Waals surface area contributed by atoms with Crippen LogP contribution in [0.25, 0.3) is 0 Å². The van der Waals surface area contributed by atoms with Crippen LogP contribution in [0, 0.1) is 11.8 Å². The summed E-state index contributed by atoms with van der Waals surface area (Å²) in [5.41, 5.74) is 0.717. The molecule has 1 aromatic heterocycles. The van der Waals surface area contributed by atoms with E-state index in [9.17, 15) is 10.2 Å². The summed E-state index contributed by atoms with van der Waals surface area (Å²) in [6.45, 7) is 2.02. The average Bonchev–Trinajstić information content (AvgIpc) is 3.40. The maximum atomic E-state index is 10.6. The lowest BCUT2D eigenvalue weighted by molar-refractivity contribution is -0.0232. The summed E-state index contributed by atoms with van der Waals surface area (Å²) >= 11 is 1.57. The minimum Gasteiger partial charge on any atom is -0.488 e. The van der Waals surface area contributed by atoms with Crippen LogP contribution in [0.3, 0.4) is 0 Å². The van der Waals surface area contributed by atoms with E-state index in [-0.39, 0.29) is 19.5 Å². The van der Waals surface area contributed by atoms with Gasteiger partial charge >= 0.3 is 0 Å².